The van der Waals surface area contributed by atoms with Crippen LogP contribution in [0.2, 0.25) is 0 Å². The van der Waals surface area contributed by atoms with Crippen LogP contribution in [-0.4, -0.2) is 35.1 Å². The van der Waals surface area contributed by atoms with Gasteiger partial charge in [-0.2, -0.15) is 15.0 Å². The second-order valence-corrected chi connectivity index (χ2v) is 3.69. The number of nitrogens with zero attached hydrogens (tertiary/aromatic N) is 3. The maximum absolute atomic E-state index is 12.0. The maximum Gasteiger partial charge on any atom is 0.322 e. The number of nitrogen functional groups attached to an aromatic ring is 1. The molecule has 2 aromatic rings. The van der Waals surface area contributed by atoms with Crippen LogP contribution < -0.4 is 20.5 Å². The highest BCUT2D eigenvalue weighted by Crippen LogP contribution is 2.14. The number of rotatable bonds is 4. The lowest BCUT2D eigenvalue weighted by Crippen LogP contribution is -2.15. The van der Waals surface area contributed by atoms with Crippen LogP contribution in [0.4, 0.5) is 11.9 Å². The average molecular weight is 275 g/mol. The van der Waals surface area contributed by atoms with Gasteiger partial charge in [0.1, 0.15) is 5.75 Å². The van der Waals surface area contributed by atoms with E-state index in [9.17, 15) is 4.79 Å². The Morgan fingerprint density at radius 2 is 2.00 bits per heavy atom. The van der Waals surface area contributed by atoms with Crippen LogP contribution in [-0.2, 0) is 0 Å². The summed E-state index contributed by atoms with van der Waals surface area (Å²) in [6.07, 6.45) is 0. The molecule has 0 aliphatic carbocycles. The third-order valence-corrected chi connectivity index (χ3v) is 2.37. The Morgan fingerprint density at radius 3 is 2.70 bits per heavy atom. The van der Waals surface area contributed by atoms with Crippen LogP contribution in [0.15, 0.2) is 24.3 Å². The van der Waals surface area contributed by atoms with E-state index in [1.54, 1.807) is 24.3 Å². The smallest absolute Gasteiger partial charge is 0.322 e. The van der Waals surface area contributed by atoms with Crippen molar-refractivity contribution in [1.29, 1.82) is 0 Å². The van der Waals surface area contributed by atoms with E-state index < -0.39 is 5.91 Å². The van der Waals surface area contributed by atoms with Crippen molar-refractivity contribution >= 4 is 17.8 Å². The zero-order chi connectivity index (χ0) is 14.5. The van der Waals surface area contributed by atoms with Gasteiger partial charge in [0.05, 0.1) is 14.2 Å². The fourth-order valence-electron chi connectivity index (χ4n) is 1.46. The molecule has 0 radical (unpaired) electrons. The van der Waals surface area contributed by atoms with Crippen LogP contribution in [0.25, 0.3) is 0 Å². The van der Waals surface area contributed by atoms with Crippen molar-refractivity contribution in [2.75, 3.05) is 25.3 Å². The first-order valence-corrected chi connectivity index (χ1v) is 5.63. The highest BCUT2D eigenvalue weighted by Gasteiger charge is 2.11. The van der Waals surface area contributed by atoms with Crippen molar-refractivity contribution in [3.8, 4) is 11.8 Å². The summed E-state index contributed by atoms with van der Waals surface area (Å²) in [5.41, 5.74) is 5.89. The molecule has 1 aromatic heterocycles. The molecule has 3 N–H and O–H groups in total. The van der Waals surface area contributed by atoms with Crippen molar-refractivity contribution in [2.24, 2.45) is 0 Å². The number of benzene rings is 1. The van der Waals surface area contributed by atoms with Gasteiger partial charge in [-0.1, -0.05) is 6.07 Å². The van der Waals surface area contributed by atoms with Crippen molar-refractivity contribution in [2.45, 2.75) is 0 Å². The normalized spacial score (nSPS) is 9.90. The molecule has 1 aromatic carbocycles. The number of nitrogens with one attached hydrogen (secondary N) is 1. The van der Waals surface area contributed by atoms with Crippen LogP contribution in [0, 0.1) is 0 Å². The topological polar surface area (TPSA) is 112 Å². The fourth-order valence-corrected chi connectivity index (χ4v) is 1.46. The predicted octanol–water partition coefficient (Wildman–Crippen LogP) is 0.723. The minimum Gasteiger partial charge on any atom is -0.497 e. The third kappa shape index (κ3) is 3.10. The molecule has 0 saturated carbocycles. The number of nitrogens with two attached hydrogens (primary N) is 1. The molecule has 0 atom stereocenters. The van der Waals surface area contributed by atoms with E-state index in [1.807, 2.05) is 0 Å². The summed E-state index contributed by atoms with van der Waals surface area (Å²) in [4.78, 5) is 23.4. The summed E-state index contributed by atoms with van der Waals surface area (Å²) in [5.74, 6) is 0.155. The van der Waals surface area contributed by atoms with Crippen molar-refractivity contribution < 1.29 is 14.3 Å². The standard InChI is InChI=1S/C12H13N5O3/c1-19-8-5-3-4-7(6-8)9(18)14-11-15-10(13)16-12(17-11)20-2/h3-6H,1-2H3,(H3,13,14,15,16,17,18). The van der Waals surface area contributed by atoms with Gasteiger partial charge in [-0.3, -0.25) is 10.1 Å². The molecule has 0 bridgehead atoms. The van der Waals surface area contributed by atoms with Gasteiger partial charge in [0.25, 0.3) is 5.91 Å². The molecule has 1 amide bonds. The Bertz CT molecular complexity index is 632. The third-order valence-electron chi connectivity index (χ3n) is 2.37. The first-order chi connectivity index (χ1) is 9.62. The second kappa shape index (κ2) is 5.83. The summed E-state index contributed by atoms with van der Waals surface area (Å²) < 4.78 is 9.90. The fraction of sp³-hybridized carbons (Fsp3) is 0.167. The zero-order valence-corrected chi connectivity index (χ0v) is 11.0. The zero-order valence-electron chi connectivity index (χ0n) is 11.0. The quantitative estimate of drug-likeness (QED) is 0.845. The Morgan fingerprint density at radius 1 is 1.20 bits per heavy atom. The Balaban J connectivity index is 2.20. The van der Waals surface area contributed by atoms with E-state index in [2.05, 4.69) is 20.3 Å². The van der Waals surface area contributed by atoms with Gasteiger partial charge in [-0.25, -0.2) is 0 Å². The van der Waals surface area contributed by atoms with Crippen molar-refractivity contribution in [3.63, 3.8) is 0 Å². The van der Waals surface area contributed by atoms with E-state index in [0.717, 1.165) is 0 Å². The Hall–Kier alpha value is -2.90. The minimum atomic E-state index is -0.392. The van der Waals surface area contributed by atoms with Gasteiger partial charge in [-0.15, -0.1) is 0 Å². The molecule has 2 rings (SSSR count). The van der Waals surface area contributed by atoms with E-state index >= 15 is 0 Å². The summed E-state index contributed by atoms with van der Waals surface area (Å²) in [5, 5.41) is 2.51. The molecular weight excluding hydrogens is 262 g/mol. The number of hydrogen-bond donors (Lipinski definition) is 2. The minimum absolute atomic E-state index is 0.0159. The van der Waals surface area contributed by atoms with Crippen LogP contribution >= 0.6 is 0 Å². The monoisotopic (exact) mass is 275 g/mol. The van der Waals surface area contributed by atoms with Gasteiger partial charge < -0.3 is 15.2 Å². The average Bonchev–Trinajstić information content (AvgIpc) is 2.46. The summed E-state index contributed by atoms with van der Waals surface area (Å²) in [6.45, 7) is 0. The number of anilines is 2. The largest absolute Gasteiger partial charge is 0.497 e. The van der Waals surface area contributed by atoms with Gasteiger partial charge in [0, 0.05) is 5.56 Å². The molecule has 0 saturated heterocycles. The van der Waals surface area contributed by atoms with Crippen molar-refractivity contribution in [3.05, 3.63) is 29.8 Å². The maximum atomic E-state index is 12.0. The molecule has 8 heteroatoms. The van der Waals surface area contributed by atoms with Gasteiger partial charge in [0.2, 0.25) is 11.9 Å². The lowest BCUT2D eigenvalue weighted by Gasteiger charge is -2.06. The van der Waals surface area contributed by atoms with E-state index in [-0.39, 0.29) is 17.9 Å². The molecular formula is C12H13N5O3. The van der Waals surface area contributed by atoms with Gasteiger partial charge in [0.15, 0.2) is 0 Å². The van der Waals surface area contributed by atoms with E-state index in [1.165, 1.54) is 14.2 Å². The molecule has 0 fully saturated rings. The first-order valence-electron chi connectivity index (χ1n) is 5.63. The number of ether oxygens (including phenoxy) is 2. The lowest BCUT2D eigenvalue weighted by molar-refractivity contribution is 0.102. The molecule has 104 valence electrons. The Labute approximate surface area is 115 Å². The number of carbonyl (C=O) groups is 1. The molecule has 0 aliphatic heterocycles. The SMILES string of the molecule is COc1cccc(C(=O)Nc2nc(N)nc(OC)n2)c1. The van der Waals surface area contributed by atoms with Gasteiger partial charge >= 0.3 is 6.01 Å². The second-order valence-electron chi connectivity index (χ2n) is 3.69. The highest BCUT2D eigenvalue weighted by molar-refractivity contribution is 6.03. The van der Waals surface area contributed by atoms with E-state index in [4.69, 9.17) is 15.2 Å². The molecule has 0 unspecified atom stereocenters. The molecule has 1 heterocycles. The van der Waals surface area contributed by atoms with Crippen LogP contribution in [0.1, 0.15) is 10.4 Å². The number of carbonyl (C=O) groups excluding carboxylic acids is 1. The van der Waals surface area contributed by atoms with Gasteiger partial charge in [-0.05, 0) is 18.2 Å². The Kier molecular flexibility index (Phi) is 3.94. The highest BCUT2D eigenvalue weighted by atomic mass is 16.5. The van der Waals surface area contributed by atoms with Crippen LogP contribution in [0.5, 0.6) is 11.8 Å². The van der Waals surface area contributed by atoms with Crippen LogP contribution in [0.3, 0.4) is 0 Å². The molecule has 0 aliphatic rings. The molecule has 0 spiro atoms. The number of hydrogen-bond acceptors (Lipinski definition) is 7. The van der Waals surface area contributed by atoms with Crippen molar-refractivity contribution in [1.82, 2.24) is 15.0 Å². The number of amides is 1. The van der Waals surface area contributed by atoms with E-state index in [0.29, 0.717) is 11.3 Å². The summed E-state index contributed by atoms with van der Waals surface area (Å²) >= 11 is 0. The number of methoxy groups -OCH3 is 2. The molecule has 8 nitrogen and oxygen atoms in total. The lowest BCUT2D eigenvalue weighted by atomic mass is 10.2. The predicted molar refractivity (Wildman–Crippen MR) is 71.7 cm³/mol. The first kappa shape index (κ1) is 13.5. The summed E-state index contributed by atoms with van der Waals surface area (Å²) in [6, 6.07) is 6.70. The summed E-state index contributed by atoms with van der Waals surface area (Å²) in [7, 11) is 2.91. The number of aromatic nitrogens is 3. The molecule has 20 heavy (non-hydrogen) atoms.